The molecule has 168 valence electrons. The van der Waals surface area contributed by atoms with Crippen LogP contribution in [-0.2, 0) is 6.54 Å². The fraction of sp³-hybridized carbons (Fsp3) is 0.0400. The molecule has 0 atom stereocenters. The number of nitrogens with zero attached hydrogens (tertiary/aromatic N) is 3. The minimum atomic E-state index is -0.541. The Kier molecular flexibility index (Phi) is 5.75. The number of benzene rings is 2. The molecule has 0 radical (unpaired) electrons. The van der Waals surface area contributed by atoms with Gasteiger partial charge in [0.2, 0.25) is 0 Å². The monoisotopic (exact) mass is 468 g/mol. The van der Waals surface area contributed by atoms with E-state index in [0.29, 0.717) is 28.6 Å². The third kappa shape index (κ3) is 4.50. The Morgan fingerprint density at radius 3 is 2.62 bits per heavy atom. The van der Waals surface area contributed by atoms with E-state index in [1.807, 2.05) is 64.8 Å². The number of amides is 2. The van der Waals surface area contributed by atoms with Crippen LogP contribution in [0.2, 0.25) is 0 Å². The number of carbonyl (C=O) groups is 2. The predicted octanol–water partition coefficient (Wildman–Crippen LogP) is 4.40. The summed E-state index contributed by atoms with van der Waals surface area (Å²) in [5.41, 5.74) is 10.4. The fourth-order valence-corrected chi connectivity index (χ4v) is 4.33. The smallest absolute Gasteiger partial charge is 0.265 e. The number of aromatic amines is 1. The molecule has 0 bridgehead atoms. The summed E-state index contributed by atoms with van der Waals surface area (Å²) in [6.45, 7) is 0.684. The van der Waals surface area contributed by atoms with E-state index in [1.54, 1.807) is 24.5 Å². The maximum absolute atomic E-state index is 13.1. The largest absolute Gasteiger partial charge is 0.364 e. The lowest BCUT2D eigenvalue weighted by Crippen LogP contribution is -2.13. The lowest BCUT2D eigenvalue weighted by molar-refractivity contribution is 0.0994. The van der Waals surface area contributed by atoms with Crippen molar-refractivity contribution >= 4 is 28.3 Å². The average molecular weight is 469 g/mol. The molecule has 0 saturated carbocycles. The normalized spacial score (nSPS) is 10.8. The molecule has 0 aliphatic rings. The van der Waals surface area contributed by atoms with Crippen molar-refractivity contribution in [3.8, 4) is 22.4 Å². The van der Waals surface area contributed by atoms with Crippen molar-refractivity contribution in [3.63, 3.8) is 0 Å². The van der Waals surface area contributed by atoms with Gasteiger partial charge in [-0.25, -0.2) is 4.98 Å². The van der Waals surface area contributed by atoms with Gasteiger partial charge < -0.3 is 10.7 Å². The Balaban J connectivity index is 1.33. The van der Waals surface area contributed by atoms with Crippen molar-refractivity contribution in [3.05, 3.63) is 101 Å². The van der Waals surface area contributed by atoms with Crippen LogP contribution in [0.15, 0.2) is 84.6 Å². The van der Waals surface area contributed by atoms with Gasteiger partial charge in [0, 0.05) is 35.1 Å². The van der Waals surface area contributed by atoms with Crippen molar-refractivity contribution < 1.29 is 9.59 Å². The van der Waals surface area contributed by atoms with Crippen LogP contribution in [0.4, 0.5) is 5.13 Å². The number of anilines is 1. The highest BCUT2D eigenvalue weighted by Crippen LogP contribution is 2.28. The highest BCUT2D eigenvalue weighted by molar-refractivity contribution is 7.14. The van der Waals surface area contributed by atoms with Crippen LogP contribution < -0.4 is 11.1 Å². The van der Waals surface area contributed by atoms with Crippen molar-refractivity contribution in [1.29, 1.82) is 0 Å². The van der Waals surface area contributed by atoms with Crippen molar-refractivity contribution in [2.45, 2.75) is 6.54 Å². The van der Waals surface area contributed by atoms with E-state index in [0.717, 1.165) is 22.3 Å². The second-order valence-corrected chi connectivity index (χ2v) is 8.46. The lowest BCUT2D eigenvalue weighted by atomic mass is 9.98. The number of carbonyl (C=O) groups excluding carboxylic acids is 2. The molecular formula is C25H20N6O2S. The third-order valence-corrected chi connectivity index (χ3v) is 6.07. The Hall–Kier alpha value is -4.50. The molecular weight excluding hydrogens is 448 g/mol. The van der Waals surface area contributed by atoms with E-state index in [-0.39, 0.29) is 5.91 Å². The Labute approximate surface area is 199 Å². The molecule has 5 rings (SSSR count). The second kappa shape index (κ2) is 9.16. The predicted molar refractivity (Wildman–Crippen MR) is 132 cm³/mol. The summed E-state index contributed by atoms with van der Waals surface area (Å²) in [6.07, 6.45) is 5.33. The van der Waals surface area contributed by atoms with E-state index >= 15 is 0 Å². The fourth-order valence-electron chi connectivity index (χ4n) is 3.62. The summed E-state index contributed by atoms with van der Waals surface area (Å²) in [5, 5.41) is 9.40. The summed E-state index contributed by atoms with van der Waals surface area (Å²) in [7, 11) is 0. The second-order valence-electron chi connectivity index (χ2n) is 7.60. The number of thiazole rings is 1. The van der Waals surface area contributed by atoms with Gasteiger partial charge in [0.1, 0.15) is 5.69 Å². The highest BCUT2D eigenvalue weighted by atomic mass is 32.1. The molecule has 2 aromatic carbocycles. The molecule has 0 fully saturated rings. The van der Waals surface area contributed by atoms with Crippen LogP contribution >= 0.6 is 11.3 Å². The van der Waals surface area contributed by atoms with Gasteiger partial charge in [-0.1, -0.05) is 42.5 Å². The van der Waals surface area contributed by atoms with Crippen LogP contribution in [0.3, 0.4) is 0 Å². The molecule has 9 heteroatoms. The number of hydrogen-bond donors (Lipinski definition) is 3. The molecule has 0 aliphatic carbocycles. The molecule has 4 N–H and O–H groups in total. The van der Waals surface area contributed by atoms with E-state index in [1.165, 1.54) is 11.3 Å². The zero-order chi connectivity index (χ0) is 23.5. The Bertz CT molecular complexity index is 1450. The van der Waals surface area contributed by atoms with Gasteiger partial charge in [-0.3, -0.25) is 19.6 Å². The van der Waals surface area contributed by atoms with Crippen LogP contribution in [0.25, 0.3) is 22.4 Å². The first-order valence-corrected chi connectivity index (χ1v) is 11.4. The zero-order valence-corrected chi connectivity index (χ0v) is 18.8. The summed E-state index contributed by atoms with van der Waals surface area (Å²) >= 11 is 1.31. The van der Waals surface area contributed by atoms with E-state index in [9.17, 15) is 9.59 Å². The molecule has 0 aliphatic heterocycles. The first kappa shape index (κ1) is 21.4. The lowest BCUT2D eigenvalue weighted by Gasteiger charge is -2.10. The molecule has 34 heavy (non-hydrogen) atoms. The van der Waals surface area contributed by atoms with Crippen LogP contribution in [0, 0.1) is 0 Å². The van der Waals surface area contributed by atoms with Crippen LogP contribution in [0.5, 0.6) is 0 Å². The topological polar surface area (TPSA) is 119 Å². The number of hydrogen-bond acceptors (Lipinski definition) is 5. The van der Waals surface area contributed by atoms with Crippen LogP contribution in [-0.4, -0.2) is 31.6 Å². The summed E-state index contributed by atoms with van der Waals surface area (Å²) in [5.74, 6) is -0.787. The quantitative estimate of drug-likeness (QED) is 0.328. The van der Waals surface area contributed by atoms with Gasteiger partial charge in [0.25, 0.3) is 11.8 Å². The molecule has 3 aromatic heterocycles. The van der Waals surface area contributed by atoms with Gasteiger partial charge in [-0.05, 0) is 34.9 Å². The Morgan fingerprint density at radius 2 is 1.88 bits per heavy atom. The number of nitrogens with one attached hydrogen (secondary N) is 2. The van der Waals surface area contributed by atoms with Gasteiger partial charge in [-0.15, -0.1) is 11.3 Å². The first-order chi connectivity index (χ1) is 16.6. The number of aromatic nitrogens is 4. The minimum Gasteiger partial charge on any atom is -0.364 e. The van der Waals surface area contributed by atoms with E-state index < -0.39 is 5.91 Å². The van der Waals surface area contributed by atoms with Crippen LogP contribution in [0.1, 0.15) is 26.4 Å². The minimum absolute atomic E-state index is 0.246. The SMILES string of the molecule is NC(=O)c1cc(-c2csc(NC(=O)c3ccccc3-c3ccc(Cn4cccn4)cc3)n2)c[nH]1. The molecule has 0 saturated heterocycles. The standard InChI is InChI=1S/C25H20N6O2S/c26-23(32)21-12-18(13-27-21)22-15-34-25(29-22)30-24(33)20-5-2-1-4-19(20)17-8-6-16(7-9-17)14-31-11-3-10-28-31/h1-13,15,27H,14H2,(H2,26,32)(H,29,30,33). The summed E-state index contributed by atoms with van der Waals surface area (Å²) in [4.78, 5) is 31.7. The maximum atomic E-state index is 13.1. The van der Waals surface area contributed by atoms with Gasteiger partial charge in [-0.2, -0.15) is 5.10 Å². The molecule has 2 amide bonds. The summed E-state index contributed by atoms with van der Waals surface area (Å²) < 4.78 is 1.86. The van der Waals surface area contributed by atoms with E-state index in [4.69, 9.17) is 5.73 Å². The first-order valence-electron chi connectivity index (χ1n) is 10.5. The van der Waals surface area contributed by atoms with Crippen molar-refractivity contribution in [2.75, 3.05) is 5.32 Å². The Morgan fingerprint density at radius 1 is 1.06 bits per heavy atom. The van der Waals surface area contributed by atoms with Gasteiger partial charge in [0.15, 0.2) is 5.13 Å². The van der Waals surface area contributed by atoms with Crippen molar-refractivity contribution in [1.82, 2.24) is 19.7 Å². The zero-order valence-electron chi connectivity index (χ0n) is 17.9. The van der Waals surface area contributed by atoms with Gasteiger partial charge in [0.05, 0.1) is 12.2 Å². The molecule has 0 unspecified atom stereocenters. The van der Waals surface area contributed by atoms with Crippen molar-refractivity contribution in [2.24, 2.45) is 5.73 Å². The number of nitrogens with two attached hydrogens (primary N) is 1. The molecule has 5 aromatic rings. The molecule has 8 nitrogen and oxygen atoms in total. The number of H-pyrrole nitrogens is 1. The average Bonchev–Trinajstić information content (AvgIpc) is 3.62. The maximum Gasteiger partial charge on any atom is 0.265 e. The van der Waals surface area contributed by atoms with E-state index in [2.05, 4.69) is 20.4 Å². The molecule has 3 heterocycles. The highest BCUT2D eigenvalue weighted by Gasteiger charge is 2.15. The molecule has 0 spiro atoms. The van der Waals surface area contributed by atoms with Gasteiger partial charge >= 0.3 is 0 Å². The number of primary amides is 1. The summed E-state index contributed by atoms with van der Waals surface area (Å²) in [6, 6.07) is 19.1. The number of rotatable bonds is 7. The third-order valence-electron chi connectivity index (χ3n) is 5.31.